The van der Waals surface area contributed by atoms with Gasteiger partial charge in [0.05, 0.1) is 6.04 Å². The van der Waals surface area contributed by atoms with Crippen LogP contribution in [0.4, 0.5) is 0 Å². The van der Waals surface area contributed by atoms with Crippen molar-refractivity contribution in [1.82, 2.24) is 19.6 Å². The van der Waals surface area contributed by atoms with Gasteiger partial charge in [-0.2, -0.15) is 0 Å². The molecule has 0 bridgehead atoms. The first-order valence-electron chi connectivity index (χ1n) is 6.66. The Hall–Kier alpha value is -2.19. The predicted molar refractivity (Wildman–Crippen MR) is 81.8 cm³/mol. The zero-order valence-corrected chi connectivity index (χ0v) is 13.4. The van der Waals surface area contributed by atoms with Crippen molar-refractivity contribution in [3.8, 4) is 0 Å². The second-order valence-corrected chi connectivity index (χ2v) is 6.75. The van der Waals surface area contributed by atoms with Crippen LogP contribution in [-0.4, -0.2) is 30.9 Å². The fraction of sp³-hybridized carbons (Fsp3) is 0.286. The quantitative estimate of drug-likeness (QED) is 0.852. The van der Waals surface area contributed by atoms with Crippen LogP contribution in [0.5, 0.6) is 0 Å². The average molecular weight is 322 g/mol. The monoisotopic (exact) mass is 322 g/mol. The summed E-state index contributed by atoms with van der Waals surface area (Å²) >= 11 is 0. The largest absolute Gasteiger partial charge is 0.345 e. The Kier molecular flexibility index (Phi) is 4.62. The zero-order chi connectivity index (χ0) is 16.3. The Balaban J connectivity index is 2.20. The van der Waals surface area contributed by atoms with E-state index >= 15 is 0 Å². The van der Waals surface area contributed by atoms with Crippen molar-refractivity contribution >= 4 is 15.9 Å². The molecule has 118 valence electrons. The number of amides is 1. The SMILES string of the molecule is CNS(=O)(=O)c1cc(C(=O)N[C@@H](C)c2cccnc2)n(C)c1. The van der Waals surface area contributed by atoms with Gasteiger partial charge in [-0.3, -0.25) is 9.78 Å². The molecule has 0 unspecified atom stereocenters. The molecule has 2 rings (SSSR count). The summed E-state index contributed by atoms with van der Waals surface area (Å²) in [5.74, 6) is -0.351. The van der Waals surface area contributed by atoms with Gasteiger partial charge in [-0.1, -0.05) is 6.07 Å². The van der Waals surface area contributed by atoms with E-state index in [1.807, 2.05) is 13.0 Å². The number of pyridine rings is 1. The van der Waals surface area contributed by atoms with E-state index in [-0.39, 0.29) is 22.5 Å². The standard InChI is InChI=1S/C14H18N4O3S/c1-10(11-5-4-6-16-8-11)17-14(19)13-7-12(9-18(13)3)22(20,21)15-2/h4-10,15H,1-3H3,(H,17,19)/t10-/m0/s1. The molecule has 2 N–H and O–H groups in total. The third-order valence-electron chi connectivity index (χ3n) is 3.32. The van der Waals surface area contributed by atoms with E-state index in [4.69, 9.17) is 0 Å². The molecule has 2 heterocycles. The van der Waals surface area contributed by atoms with Gasteiger partial charge in [-0.15, -0.1) is 0 Å². The first-order valence-corrected chi connectivity index (χ1v) is 8.14. The van der Waals surface area contributed by atoms with E-state index in [1.165, 1.54) is 23.9 Å². The fourth-order valence-corrected chi connectivity index (χ4v) is 2.81. The number of nitrogens with one attached hydrogen (secondary N) is 2. The third-order valence-corrected chi connectivity index (χ3v) is 4.70. The number of hydrogen-bond donors (Lipinski definition) is 2. The molecule has 0 aliphatic rings. The number of aryl methyl sites for hydroxylation is 1. The Morgan fingerprint density at radius 3 is 2.73 bits per heavy atom. The molecule has 0 radical (unpaired) electrons. The van der Waals surface area contributed by atoms with E-state index in [0.29, 0.717) is 0 Å². The molecule has 8 heteroatoms. The van der Waals surface area contributed by atoms with Crippen LogP contribution in [-0.2, 0) is 17.1 Å². The topological polar surface area (TPSA) is 93.1 Å². The van der Waals surface area contributed by atoms with E-state index in [9.17, 15) is 13.2 Å². The predicted octanol–water partition coefficient (Wildman–Crippen LogP) is 0.819. The third kappa shape index (κ3) is 3.34. The summed E-state index contributed by atoms with van der Waals surface area (Å²) in [6, 6.07) is 4.76. The number of carbonyl (C=O) groups excluding carboxylic acids is 1. The molecule has 0 aromatic carbocycles. The van der Waals surface area contributed by atoms with Crippen LogP contribution in [0.2, 0.25) is 0 Å². The summed E-state index contributed by atoms with van der Waals surface area (Å²) in [6.45, 7) is 1.84. The lowest BCUT2D eigenvalue weighted by Crippen LogP contribution is -2.28. The van der Waals surface area contributed by atoms with Gasteiger partial charge in [0.2, 0.25) is 10.0 Å². The molecular formula is C14H18N4O3S. The van der Waals surface area contributed by atoms with Crippen molar-refractivity contribution in [1.29, 1.82) is 0 Å². The van der Waals surface area contributed by atoms with Crippen LogP contribution in [0.25, 0.3) is 0 Å². The summed E-state index contributed by atoms with van der Waals surface area (Å²) in [5.41, 5.74) is 1.14. The lowest BCUT2D eigenvalue weighted by Gasteiger charge is -2.14. The Morgan fingerprint density at radius 1 is 1.41 bits per heavy atom. The molecule has 0 fully saturated rings. The highest BCUT2D eigenvalue weighted by atomic mass is 32.2. The highest BCUT2D eigenvalue weighted by Gasteiger charge is 2.20. The summed E-state index contributed by atoms with van der Waals surface area (Å²) < 4.78 is 27.2. The highest BCUT2D eigenvalue weighted by molar-refractivity contribution is 7.89. The molecule has 1 atom stereocenters. The number of hydrogen-bond acceptors (Lipinski definition) is 4. The number of sulfonamides is 1. The van der Waals surface area contributed by atoms with Crippen LogP contribution in [0.15, 0.2) is 41.7 Å². The van der Waals surface area contributed by atoms with Crippen molar-refractivity contribution in [3.05, 3.63) is 48.0 Å². The minimum absolute atomic E-state index is 0.0525. The molecule has 0 aliphatic carbocycles. The van der Waals surface area contributed by atoms with Crippen LogP contribution >= 0.6 is 0 Å². The van der Waals surface area contributed by atoms with Gasteiger partial charge in [0.15, 0.2) is 0 Å². The van der Waals surface area contributed by atoms with Crippen LogP contribution in [0, 0.1) is 0 Å². The van der Waals surface area contributed by atoms with Crippen LogP contribution in [0.3, 0.4) is 0 Å². The molecular weight excluding hydrogens is 304 g/mol. The van der Waals surface area contributed by atoms with E-state index < -0.39 is 10.0 Å². The normalized spacial score (nSPS) is 12.9. The lowest BCUT2D eigenvalue weighted by molar-refractivity contribution is 0.0931. The lowest BCUT2D eigenvalue weighted by atomic mass is 10.1. The molecule has 7 nitrogen and oxygen atoms in total. The van der Waals surface area contributed by atoms with Gasteiger partial charge >= 0.3 is 0 Å². The number of carbonyl (C=O) groups is 1. The molecule has 1 amide bonds. The van der Waals surface area contributed by atoms with E-state index in [2.05, 4.69) is 15.0 Å². The Morgan fingerprint density at radius 2 is 2.14 bits per heavy atom. The van der Waals surface area contributed by atoms with Crippen molar-refractivity contribution in [2.24, 2.45) is 7.05 Å². The van der Waals surface area contributed by atoms with Crippen molar-refractivity contribution in [2.45, 2.75) is 17.9 Å². The van der Waals surface area contributed by atoms with Gasteiger partial charge in [0.1, 0.15) is 10.6 Å². The summed E-state index contributed by atoms with van der Waals surface area (Å²) in [4.78, 5) is 16.4. The summed E-state index contributed by atoms with van der Waals surface area (Å²) in [7, 11) is -0.626. The van der Waals surface area contributed by atoms with Gasteiger partial charge in [-0.25, -0.2) is 13.1 Å². The summed E-state index contributed by atoms with van der Waals surface area (Å²) in [6.07, 6.45) is 4.73. The number of aromatic nitrogens is 2. The maximum atomic E-state index is 12.3. The van der Waals surface area contributed by atoms with E-state index in [1.54, 1.807) is 25.5 Å². The first-order chi connectivity index (χ1) is 10.3. The van der Waals surface area contributed by atoms with Crippen molar-refractivity contribution in [2.75, 3.05) is 7.05 Å². The van der Waals surface area contributed by atoms with Gasteiger partial charge < -0.3 is 9.88 Å². The second kappa shape index (κ2) is 6.29. The number of nitrogens with zero attached hydrogens (tertiary/aromatic N) is 2. The van der Waals surface area contributed by atoms with Gasteiger partial charge in [-0.05, 0) is 31.7 Å². The summed E-state index contributed by atoms with van der Waals surface area (Å²) in [5, 5.41) is 2.82. The minimum Gasteiger partial charge on any atom is -0.345 e. The molecule has 0 aliphatic heterocycles. The van der Waals surface area contributed by atoms with Crippen LogP contribution < -0.4 is 10.0 Å². The smallest absolute Gasteiger partial charge is 0.268 e. The van der Waals surface area contributed by atoms with E-state index in [0.717, 1.165) is 5.56 Å². The first kappa shape index (κ1) is 16.2. The van der Waals surface area contributed by atoms with Crippen molar-refractivity contribution < 1.29 is 13.2 Å². The van der Waals surface area contributed by atoms with Gasteiger partial charge in [0, 0.05) is 25.6 Å². The maximum Gasteiger partial charge on any atom is 0.268 e. The Bertz CT molecular complexity index is 769. The van der Waals surface area contributed by atoms with Crippen molar-refractivity contribution in [3.63, 3.8) is 0 Å². The van der Waals surface area contributed by atoms with Crippen LogP contribution in [0.1, 0.15) is 29.0 Å². The average Bonchev–Trinajstić information content (AvgIpc) is 2.91. The molecule has 2 aromatic heterocycles. The number of rotatable bonds is 5. The zero-order valence-electron chi connectivity index (χ0n) is 12.6. The second-order valence-electron chi connectivity index (χ2n) is 4.86. The Labute approximate surface area is 129 Å². The molecule has 0 saturated carbocycles. The molecule has 22 heavy (non-hydrogen) atoms. The minimum atomic E-state index is -3.57. The highest BCUT2D eigenvalue weighted by Crippen LogP contribution is 2.15. The molecule has 0 saturated heterocycles. The molecule has 2 aromatic rings. The molecule has 0 spiro atoms. The fourth-order valence-electron chi connectivity index (χ4n) is 2.01. The van der Waals surface area contributed by atoms with Gasteiger partial charge in [0.25, 0.3) is 5.91 Å². The maximum absolute atomic E-state index is 12.3.